The Labute approximate surface area is 152 Å². The van der Waals surface area contributed by atoms with Crippen LogP contribution in [0, 0.1) is 0 Å². The molecule has 8 heteroatoms. The average Bonchev–Trinajstić information content (AvgIpc) is 3.15. The summed E-state index contributed by atoms with van der Waals surface area (Å²) in [6.07, 6.45) is 2.91. The number of fused-ring (bicyclic) bond motifs is 1. The second-order valence-electron chi connectivity index (χ2n) is 5.55. The third-order valence-corrected chi connectivity index (χ3v) is 4.10. The first-order valence-corrected chi connectivity index (χ1v) is 8.07. The molecule has 4 rings (SSSR count). The van der Waals surface area contributed by atoms with Crippen molar-refractivity contribution in [3.05, 3.63) is 82.1 Å². The summed E-state index contributed by atoms with van der Waals surface area (Å²) in [6, 6.07) is 13.4. The van der Waals surface area contributed by atoms with Crippen molar-refractivity contribution in [3.63, 3.8) is 0 Å². The van der Waals surface area contributed by atoms with Gasteiger partial charge in [-0.3, -0.25) is 9.59 Å². The molecule has 1 amide bonds. The number of amides is 1. The first-order chi connectivity index (χ1) is 12.6. The molecule has 0 saturated heterocycles. The van der Waals surface area contributed by atoms with Crippen LogP contribution >= 0.6 is 11.6 Å². The molecule has 0 atom stereocenters. The van der Waals surface area contributed by atoms with E-state index in [-0.39, 0.29) is 11.1 Å². The molecule has 2 aromatic heterocycles. The molecule has 128 valence electrons. The number of nitrogens with one attached hydrogen (secondary N) is 2. The lowest BCUT2D eigenvalue weighted by atomic mass is 10.1. The Morgan fingerprint density at radius 2 is 2.00 bits per heavy atom. The van der Waals surface area contributed by atoms with Crippen molar-refractivity contribution in [1.82, 2.24) is 19.7 Å². The molecule has 0 bridgehead atoms. The Hall–Kier alpha value is -3.45. The lowest BCUT2D eigenvalue weighted by Crippen LogP contribution is -2.18. The van der Waals surface area contributed by atoms with Crippen LogP contribution < -0.4 is 10.9 Å². The molecule has 0 saturated carbocycles. The van der Waals surface area contributed by atoms with E-state index in [1.54, 1.807) is 42.5 Å². The van der Waals surface area contributed by atoms with Crippen LogP contribution in [0.5, 0.6) is 0 Å². The number of benzene rings is 2. The Morgan fingerprint density at radius 3 is 2.81 bits per heavy atom. The maximum atomic E-state index is 12.9. The van der Waals surface area contributed by atoms with E-state index < -0.39 is 5.91 Å². The zero-order valence-corrected chi connectivity index (χ0v) is 14.1. The Balaban J connectivity index is 1.79. The number of nitrogens with zero attached hydrogens (tertiary/aromatic N) is 3. The number of pyridine rings is 1. The lowest BCUT2D eigenvalue weighted by Gasteiger charge is -2.12. The van der Waals surface area contributed by atoms with Crippen LogP contribution in [0.25, 0.3) is 16.6 Å². The van der Waals surface area contributed by atoms with E-state index in [4.69, 9.17) is 11.6 Å². The molecule has 4 aromatic rings. The van der Waals surface area contributed by atoms with Gasteiger partial charge in [0.25, 0.3) is 5.91 Å². The SMILES string of the molecule is O=C(Nc1cc(Cl)ccc1-n1cncn1)c1cc(=O)[nH]c2ccccc12. The van der Waals surface area contributed by atoms with Gasteiger partial charge in [0.2, 0.25) is 5.56 Å². The number of anilines is 1. The highest BCUT2D eigenvalue weighted by Crippen LogP contribution is 2.25. The number of para-hydroxylation sites is 1. The Kier molecular flexibility index (Phi) is 3.98. The normalized spacial score (nSPS) is 10.8. The maximum Gasteiger partial charge on any atom is 0.256 e. The van der Waals surface area contributed by atoms with E-state index in [1.165, 1.54) is 23.4 Å². The molecule has 0 radical (unpaired) electrons. The minimum absolute atomic E-state index is 0.272. The van der Waals surface area contributed by atoms with Crippen molar-refractivity contribution in [3.8, 4) is 5.69 Å². The second-order valence-corrected chi connectivity index (χ2v) is 5.98. The molecule has 26 heavy (non-hydrogen) atoms. The largest absolute Gasteiger partial charge is 0.322 e. The third-order valence-electron chi connectivity index (χ3n) is 3.87. The van der Waals surface area contributed by atoms with Gasteiger partial charge in [-0.1, -0.05) is 29.8 Å². The quantitative estimate of drug-likeness (QED) is 0.583. The van der Waals surface area contributed by atoms with Crippen molar-refractivity contribution in [2.75, 3.05) is 5.32 Å². The van der Waals surface area contributed by atoms with Crippen LogP contribution in [0.2, 0.25) is 5.02 Å². The summed E-state index contributed by atoms with van der Waals surface area (Å²) < 4.78 is 1.52. The number of aromatic amines is 1. The fraction of sp³-hybridized carbons (Fsp3) is 0. The fourth-order valence-corrected chi connectivity index (χ4v) is 2.90. The van der Waals surface area contributed by atoms with Crippen LogP contribution in [0.15, 0.2) is 66.0 Å². The molecule has 7 nitrogen and oxygen atoms in total. The summed E-state index contributed by atoms with van der Waals surface area (Å²) in [7, 11) is 0. The van der Waals surface area contributed by atoms with E-state index in [9.17, 15) is 9.59 Å². The standard InChI is InChI=1S/C18H12ClN5O2/c19-11-5-6-16(24-10-20-9-21-24)15(7-11)23-18(26)13-8-17(25)22-14-4-2-1-3-12(13)14/h1-10H,(H,22,25)(H,23,26). The lowest BCUT2D eigenvalue weighted by molar-refractivity contribution is 0.102. The minimum atomic E-state index is -0.420. The predicted molar refractivity (Wildman–Crippen MR) is 98.9 cm³/mol. The third kappa shape index (κ3) is 2.96. The van der Waals surface area contributed by atoms with Gasteiger partial charge in [-0.15, -0.1) is 0 Å². The summed E-state index contributed by atoms with van der Waals surface area (Å²) >= 11 is 6.08. The number of carbonyl (C=O) groups excluding carboxylic acids is 1. The van der Waals surface area contributed by atoms with Crippen LogP contribution in [-0.2, 0) is 0 Å². The Morgan fingerprint density at radius 1 is 1.15 bits per heavy atom. The van der Waals surface area contributed by atoms with Crippen LogP contribution in [0.3, 0.4) is 0 Å². The van der Waals surface area contributed by atoms with Gasteiger partial charge in [0.15, 0.2) is 0 Å². The topological polar surface area (TPSA) is 92.7 Å². The number of hydrogen-bond donors (Lipinski definition) is 2. The molecular weight excluding hydrogens is 354 g/mol. The van der Waals surface area contributed by atoms with Gasteiger partial charge in [-0.2, -0.15) is 5.10 Å². The van der Waals surface area contributed by atoms with Gasteiger partial charge >= 0.3 is 0 Å². The maximum absolute atomic E-state index is 12.9. The highest BCUT2D eigenvalue weighted by atomic mass is 35.5. The summed E-state index contributed by atoms with van der Waals surface area (Å²) in [5, 5.41) is 7.99. The number of carbonyl (C=O) groups is 1. The molecule has 0 spiro atoms. The van der Waals surface area contributed by atoms with Gasteiger partial charge in [0.1, 0.15) is 12.7 Å². The fourth-order valence-electron chi connectivity index (χ4n) is 2.72. The van der Waals surface area contributed by atoms with E-state index in [0.29, 0.717) is 27.3 Å². The molecule has 2 heterocycles. The molecule has 2 aromatic carbocycles. The van der Waals surface area contributed by atoms with Gasteiger partial charge in [-0.05, 0) is 24.3 Å². The number of H-pyrrole nitrogens is 1. The molecule has 0 unspecified atom stereocenters. The highest BCUT2D eigenvalue weighted by Gasteiger charge is 2.15. The highest BCUT2D eigenvalue weighted by molar-refractivity contribution is 6.31. The molecule has 0 aliphatic rings. The molecule has 0 fully saturated rings. The first-order valence-electron chi connectivity index (χ1n) is 7.70. The van der Waals surface area contributed by atoms with Crippen LogP contribution in [0.4, 0.5) is 5.69 Å². The number of rotatable bonds is 3. The van der Waals surface area contributed by atoms with Gasteiger partial charge < -0.3 is 10.3 Å². The monoisotopic (exact) mass is 365 g/mol. The van der Waals surface area contributed by atoms with Gasteiger partial charge in [0, 0.05) is 22.0 Å². The zero-order chi connectivity index (χ0) is 18.1. The van der Waals surface area contributed by atoms with E-state index in [1.807, 2.05) is 0 Å². The van der Waals surface area contributed by atoms with Crippen LogP contribution in [0.1, 0.15) is 10.4 Å². The summed E-state index contributed by atoms with van der Waals surface area (Å²) in [5.74, 6) is -0.420. The molecule has 2 N–H and O–H groups in total. The summed E-state index contributed by atoms with van der Waals surface area (Å²) in [4.78, 5) is 31.4. The van der Waals surface area contributed by atoms with Crippen LogP contribution in [-0.4, -0.2) is 25.7 Å². The van der Waals surface area contributed by atoms with Crippen molar-refractivity contribution in [2.24, 2.45) is 0 Å². The van der Waals surface area contributed by atoms with Crippen molar-refractivity contribution < 1.29 is 4.79 Å². The summed E-state index contributed by atoms with van der Waals surface area (Å²) in [6.45, 7) is 0. The van der Waals surface area contributed by atoms with Crippen molar-refractivity contribution >= 4 is 34.1 Å². The number of halogens is 1. The Bertz CT molecular complexity index is 1170. The second kappa shape index (κ2) is 6.45. The average molecular weight is 366 g/mol. The van der Waals surface area contributed by atoms with E-state index in [0.717, 1.165) is 0 Å². The van der Waals surface area contributed by atoms with Gasteiger partial charge in [-0.25, -0.2) is 9.67 Å². The minimum Gasteiger partial charge on any atom is -0.322 e. The van der Waals surface area contributed by atoms with Crippen molar-refractivity contribution in [2.45, 2.75) is 0 Å². The molecule has 0 aliphatic carbocycles. The van der Waals surface area contributed by atoms with Crippen molar-refractivity contribution in [1.29, 1.82) is 0 Å². The van der Waals surface area contributed by atoms with Gasteiger partial charge in [0.05, 0.1) is 16.9 Å². The smallest absolute Gasteiger partial charge is 0.256 e. The van der Waals surface area contributed by atoms with E-state index >= 15 is 0 Å². The molecular formula is C18H12ClN5O2. The predicted octanol–water partition coefficient (Wildman–Crippen LogP) is 3.01. The number of hydrogen-bond acceptors (Lipinski definition) is 4. The molecule has 0 aliphatic heterocycles. The summed E-state index contributed by atoms with van der Waals surface area (Å²) in [5.41, 5.74) is 1.57. The first kappa shape index (κ1) is 16.0. The number of aromatic nitrogens is 4. The zero-order valence-electron chi connectivity index (χ0n) is 13.3. The van der Waals surface area contributed by atoms with E-state index in [2.05, 4.69) is 20.4 Å².